The quantitative estimate of drug-likeness (QED) is 0.786. The standard InChI is InChI=1S/C17H15F3N2O3S/c1-24-14-4-2-3-13(21-14)16-22(15(23)10-26-16)9-11-5-7-12(8-6-11)25-17(18,19)20/h2-8,16H,9-10H2,1H3. The maximum atomic E-state index is 12.2. The summed E-state index contributed by atoms with van der Waals surface area (Å²) in [5.41, 5.74) is 1.39. The van der Waals surface area contributed by atoms with E-state index in [-0.39, 0.29) is 23.6 Å². The van der Waals surface area contributed by atoms with Gasteiger partial charge in [0.25, 0.3) is 0 Å². The van der Waals surface area contributed by atoms with Gasteiger partial charge in [-0.2, -0.15) is 0 Å². The molecule has 0 bridgehead atoms. The molecule has 0 radical (unpaired) electrons. The number of halogens is 3. The molecule has 0 spiro atoms. The first kappa shape index (κ1) is 18.4. The van der Waals surface area contributed by atoms with E-state index in [1.54, 1.807) is 17.0 Å². The number of carbonyl (C=O) groups is 1. The summed E-state index contributed by atoms with van der Waals surface area (Å²) in [6, 6.07) is 10.8. The molecule has 0 N–H and O–H groups in total. The van der Waals surface area contributed by atoms with Crippen molar-refractivity contribution in [2.75, 3.05) is 12.9 Å². The van der Waals surface area contributed by atoms with Crippen LogP contribution in [-0.4, -0.2) is 35.0 Å². The number of hydrogen-bond acceptors (Lipinski definition) is 5. The first-order valence-corrected chi connectivity index (χ1v) is 8.67. The van der Waals surface area contributed by atoms with Gasteiger partial charge in [-0.15, -0.1) is 24.9 Å². The molecule has 9 heteroatoms. The van der Waals surface area contributed by atoms with E-state index in [9.17, 15) is 18.0 Å². The fraction of sp³-hybridized carbons (Fsp3) is 0.294. The van der Waals surface area contributed by atoms with E-state index < -0.39 is 6.36 Å². The number of pyridine rings is 1. The fourth-order valence-electron chi connectivity index (χ4n) is 2.55. The van der Waals surface area contributed by atoms with Crippen molar-refractivity contribution in [1.29, 1.82) is 0 Å². The zero-order chi connectivity index (χ0) is 18.7. The average Bonchev–Trinajstić information content (AvgIpc) is 2.96. The van der Waals surface area contributed by atoms with E-state index in [2.05, 4.69) is 9.72 Å². The van der Waals surface area contributed by atoms with Crippen LogP contribution in [0.25, 0.3) is 0 Å². The molecular weight excluding hydrogens is 369 g/mol. The van der Waals surface area contributed by atoms with Crippen LogP contribution in [-0.2, 0) is 11.3 Å². The lowest BCUT2D eigenvalue weighted by Crippen LogP contribution is -2.28. The molecule has 0 aliphatic carbocycles. The summed E-state index contributed by atoms with van der Waals surface area (Å²) in [6.45, 7) is 0.266. The van der Waals surface area contributed by atoms with Gasteiger partial charge in [0.15, 0.2) is 0 Å². The molecule has 2 heterocycles. The van der Waals surface area contributed by atoms with Gasteiger partial charge in [-0.05, 0) is 23.8 Å². The minimum atomic E-state index is -4.73. The highest BCUT2D eigenvalue weighted by Gasteiger charge is 2.34. The van der Waals surface area contributed by atoms with Crippen molar-refractivity contribution < 1.29 is 27.4 Å². The number of aromatic nitrogens is 1. The maximum absolute atomic E-state index is 12.2. The number of alkyl halides is 3. The van der Waals surface area contributed by atoms with Gasteiger partial charge in [-0.25, -0.2) is 4.98 Å². The van der Waals surface area contributed by atoms with Crippen molar-refractivity contribution in [2.24, 2.45) is 0 Å². The molecule has 1 fully saturated rings. The molecule has 1 aliphatic rings. The summed E-state index contributed by atoms with van der Waals surface area (Å²) in [5, 5.41) is -0.274. The Bertz CT molecular complexity index is 784. The Labute approximate surface area is 152 Å². The lowest BCUT2D eigenvalue weighted by Gasteiger charge is -2.24. The number of carbonyl (C=O) groups excluding carboxylic acids is 1. The van der Waals surface area contributed by atoms with Crippen LogP contribution in [0.5, 0.6) is 11.6 Å². The topological polar surface area (TPSA) is 51.7 Å². The molecule has 138 valence electrons. The van der Waals surface area contributed by atoms with E-state index in [0.29, 0.717) is 22.9 Å². The lowest BCUT2D eigenvalue weighted by atomic mass is 10.2. The van der Waals surface area contributed by atoms with E-state index in [4.69, 9.17) is 4.74 Å². The van der Waals surface area contributed by atoms with E-state index in [0.717, 1.165) is 0 Å². The van der Waals surface area contributed by atoms with Crippen LogP contribution in [0, 0.1) is 0 Å². The summed E-state index contributed by atoms with van der Waals surface area (Å²) in [4.78, 5) is 18.3. The molecule has 5 nitrogen and oxygen atoms in total. The monoisotopic (exact) mass is 384 g/mol. The third-order valence-corrected chi connectivity index (χ3v) is 4.91. The normalized spacial score (nSPS) is 17.5. The molecule has 1 saturated heterocycles. The van der Waals surface area contributed by atoms with Crippen LogP contribution in [0.4, 0.5) is 13.2 Å². The summed E-state index contributed by atoms with van der Waals surface area (Å²) >= 11 is 1.45. The molecule has 26 heavy (non-hydrogen) atoms. The van der Waals surface area contributed by atoms with Crippen molar-refractivity contribution in [1.82, 2.24) is 9.88 Å². The molecule has 3 rings (SSSR count). The van der Waals surface area contributed by atoms with Crippen molar-refractivity contribution in [3.05, 3.63) is 53.7 Å². The van der Waals surface area contributed by atoms with Gasteiger partial charge < -0.3 is 14.4 Å². The van der Waals surface area contributed by atoms with Gasteiger partial charge in [0.2, 0.25) is 11.8 Å². The van der Waals surface area contributed by atoms with Crippen LogP contribution in [0.2, 0.25) is 0 Å². The molecule has 1 aromatic carbocycles. The van der Waals surface area contributed by atoms with Crippen LogP contribution in [0.1, 0.15) is 16.6 Å². The van der Waals surface area contributed by atoms with Gasteiger partial charge in [0, 0.05) is 12.6 Å². The number of benzene rings is 1. The highest BCUT2D eigenvalue weighted by Crippen LogP contribution is 2.39. The van der Waals surface area contributed by atoms with Crippen molar-refractivity contribution in [3.63, 3.8) is 0 Å². The first-order chi connectivity index (χ1) is 12.4. The van der Waals surface area contributed by atoms with Gasteiger partial charge in [0.05, 0.1) is 18.6 Å². The minimum absolute atomic E-state index is 0.0553. The number of hydrogen-bond donors (Lipinski definition) is 0. The number of methoxy groups -OCH3 is 1. The molecule has 1 aromatic heterocycles. The number of thioether (sulfide) groups is 1. The van der Waals surface area contributed by atoms with E-state index >= 15 is 0 Å². The predicted molar refractivity (Wildman–Crippen MR) is 89.7 cm³/mol. The first-order valence-electron chi connectivity index (χ1n) is 7.62. The lowest BCUT2D eigenvalue weighted by molar-refractivity contribution is -0.274. The third-order valence-electron chi connectivity index (χ3n) is 3.69. The highest BCUT2D eigenvalue weighted by molar-refractivity contribution is 8.00. The minimum Gasteiger partial charge on any atom is -0.481 e. The number of amides is 1. The second-order valence-corrected chi connectivity index (χ2v) is 6.55. The highest BCUT2D eigenvalue weighted by atomic mass is 32.2. The molecule has 1 amide bonds. The second kappa shape index (κ2) is 7.45. The largest absolute Gasteiger partial charge is 0.573 e. The SMILES string of the molecule is COc1cccc(C2SCC(=O)N2Cc2ccc(OC(F)(F)F)cc2)n1. The number of nitrogens with zero attached hydrogens (tertiary/aromatic N) is 2. The van der Waals surface area contributed by atoms with Gasteiger partial charge in [0.1, 0.15) is 11.1 Å². The molecular formula is C17H15F3N2O3S. The Hall–Kier alpha value is -2.42. The van der Waals surface area contributed by atoms with Crippen LogP contribution in [0.15, 0.2) is 42.5 Å². The molecule has 1 unspecified atom stereocenters. The maximum Gasteiger partial charge on any atom is 0.573 e. The molecule has 0 saturated carbocycles. The van der Waals surface area contributed by atoms with Crippen molar-refractivity contribution in [2.45, 2.75) is 18.3 Å². The molecule has 2 aromatic rings. The van der Waals surface area contributed by atoms with Gasteiger partial charge in [-0.3, -0.25) is 4.79 Å². The van der Waals surface area contributed by atoms with E-state index in [1.807, 2.05) is 6.07 Å². The fourth-order valence-corrected chi connectivity index (χ4v) is 3.69. The summed E-state index contributed by atoms with van der Waals surface area (Å²) in [5.74, 6) is 0.421. The van der Waals surface area contributed by atoms with Crippen LogP contribution >= 0.6 is 11.8 Å². The van der Waals surface area contributed by atoms with Crippen molar-refractivity contribution in [3.8, 4) is 11.6 Å². The average molecular weight is 384 g/mol. The summed E-state index contributed by atoms with van der Waals surface area (Å²) in [7, 11) is 1.52. The molecule has 1 aliphatic heterocycles. The summed E-state index contributed by atoms with van der Waals surface area (Å²) < 4.78 is 45.7. The number of ether oxygens (including phenoxy) is 2. The zero-order valence-corrected chi connectivity index (χ0v) is 14.5. The predicted octanol–water partition coefficient (Wildman–Crippen LogP) is 3.76. The smallest absolute Gasteiger partial charge is 0.481 e. The van der Waals surface area contributed by atoms with Crippen LogP contribution < -0.4 is 9.47 Å². The van der Waals surface area contributed by atoms with Gasteiger partial charge >= 0.3 is 6.36 Å². The molecule has 1 atom stereocenters. The Morgan fingerprint density at radius 1 is 1.23 bits per heavy atom. The summed E-state index contributed by atoms with van der Waals surface area (Å²) in [6.07, 6.45) is -4.73. The van der Waals surface area contributed by atoms with Gasteiger partial charge in [-0.1, -0.05) is 18.2 Å². The Morgan fingerprint density at radius 2 is 1.96 bits per heavy atom. The zero-order valence-electron chi connectivity index (χ0n) is 13.7. The Kier molecular flexibility index (Phi) is 5.26. The second-order valence-electron chi connectivity index (χ2n) is 5.48. The Balaban J connectivity index is 1.75. The third kappa shape index (κ3) is 4.40. The Morgan fingerprint density at radius 3 is 2.62 bits per heavy atom. The number of rotatable bonds is 5. The van der Waals surface area contributed by atoms with E-state index in [1.165, 1.54) is 43.1 Å². The van der Waals surface area contributed by atoms with Crippen molar-refractivity contribution >= 4 is 17.7 Å². The van der Waals surface area contributed by atoms with Crippen LogP contribution in [0.3, 0.4) is 0 Å².